The van der Waals surface area contributed by atoms with Gasteiger partial charge in [-0.25, -0.2) is 4.39 Å². The number of carbonyl (C=O) groups is 2. The molecule has 2 aromatic carbocycles. The third-order valence-corrected chi connectivity index (χ3v) is 6.14. The molecule has 2 aliphatic rings. The smallest absolute Gasteiger partial charge is 0.229 e. The van der Waals surface area contributed by atoms with Gasteiger partial charge in [-0.05, 0) is 42.5 Å². The lowest BCUT2D eigenvalue weighted by Crippen LogP contribution is -2.47. The van der Waals surface area contributed by atoms with E-state index in [1.54, 1.807) is 6.07 Å². The van der Waals surface area contributed by atoms with Crippen LogP contribution in [0.4, 0.5) is 4.39 Å². The SMILES string of the molecule is O=C(Cc1ccccc1)N1CCC2(CC1)CCN(Cc1cccc(F)c1)C2=O. The topological polar surface area (TPSA) is 40.6 Å². The maximum absolute atomic E-state index is 13.4. The Morgan fingerprint density at radius 1 is 0.929 bits per heavy atom. The van der Waals surface area contributed by atoms with Crippen LogP contribution >= 0.6 is 0 Å². The standard InChI is InChI=1S/C23H25FN2O2/c24-20-8-4-7-19(15-20)17-26-14-11-23(22(26)28)9-12-25(13-10-23)21(27)16-18-5-2-1-3-6-18/h1-8,15H,9-14,16-17H2. The third-order valence-electron chi connectivity index (χ3n) is 6.14. The van der Waals surface area contributed by atoms with E-state index in [9.17, 15) is 14.0 Å². The highest BCUT2D eigenvalue weighted by Crippen LogP contribution is 2.42. The Labute approximate surface area is 164 Å². The zero-order valence-corrected chi connectivity index (χ0v) is 15.9. The summed E-state index contributed by atoms with van der Waals surface area (Å²) in [5, 5.41) is 0. The van der Waals surface area contributed by atoms with Gasteiger partial charge >= 0.3 is 0 Å². The zero-order chi connectivity index (χ0) is 19.6. The first-order valence-electron chi connectivity index (χ1n) is 9.91. The van der Waals surface area contributed by atoms with Crippen LogP contribution in [0.25, 0.3) is 0 Å². The van der Waals surface area contributed by atoms with Crippen molar-refractivity contribution in [2.75, 3.05) is 19.6 Å². The Kier molecular flexibility index (Phi) is 5.16. The number of benzene rings is 2. The Morgan fingerprint density at radius 3 is 2.32 bits per heavy atom. The van der Waals surface area contributed by atoms with Crippen molar-refractivity contribution >= 4 is 11.8 Å². The first-order chi connectivity index (χ1) is 13.6. The molecule has 0 saturated carbocycles. The second-order valence-corrected chi connectivity index (χ2v) is 7.93. The fourth-order valence-corrected chi connectivity index (χ4v) is 4.43. The van der Waals surface area contributed by atoms with Gasteiger partial charge in [-0.2, -0.15) is 0 Å². The van der Waals surface area contributed by atoms with Gasteiger partial charge in [0.1, 0.15) is 5.82 Å². The molecule has 2 aromatic rings. The molecule has 4 nitrogen and oxygen atoms in total. The van der Waals surface area contributed by atoms with E-state index in [1.807, 2.05) is 46.2 Å². The minimum Gasteiger partial charge on any atom is -0.342 e. The Bertz CT molecular complexity index is 860. The molecule has 0 aliphatic carbocycles. The summed E-state index contributed by atoms with van der Waals surface area (Å²) in [7, 11) is 0. The number of hydrogen-bond acceptors (Lipinski definition) is 2. The molecule has 5 heteroatoms. The number of hydrogen-bond donors (Lipinski definition) is 0. The van der Waals surface area contributed by atoms with Crippen LogP contribution in [-0.4, -0.2) is 41.2 Å². The van der Waals surface area contributed by atoms with Gasteiger partial charge in [-0.15, -0.1) is 0 Å². The normalized spacial score (nSPS) is 18.7. The maximum atomic E-state index is 13.4. The molecular formula is C23H25FN2O2. The lowest BCUT2D eigenvalue weighted by Gasteiger charge is -2.38. The van der Waals surface area contributed by atoms with E-state index in [0.29, 0.717) is 45.4 Å². The van der Waals surface area contributed by atoms with Gasteiger partial charge in [0.2, 0.25) is 11.8 Å². The summed E-state index contributed by atoms with van der Waals surface area (Å²) in [6, 6.07) is 16.2. The number of piperidine rings is 1. The van der Waals surface area contributed by atoms with E-state index >= 15 is 0 Å². The molecule has 146 valence electrons. The first-order valence-corrected chi connectivity index (χ1v) is 9.91. The molecular weight excluding hydrogens is 355 g/mol. The number of likely N-dealkylation sites (tertiary alicyclic amines) is 2. The van der Waals surface area contributed by atoms with Crippen molar-refractivity contribution in [2.45, 2.75) is 32.2 Å². The molecule has 2 fully saturated rings. The minimum atomic E-state index is -0.350. The van der Waals surface area contributed by atoms with E-state index in [1.165, 1.54) is 12.1 Å². The molecule has 0 unspecified atom stereocenters. The number of rotatable bonds is 4. The predicted molar refractivity (Wildman–Crippen MR) is 105 cm³/mol. The van der Waals surface area contributed by atoms with Crippen molar-refractivity contribution in [2.24, 2.45) is 5.41 Å². The second kappa shape index (κ2) is 7.74. The number of carbonyl (C=O) groups excluding carboxylic acids is 2. The van der Waals surface area contributed by atoms with Gasteiger partial charge in [-0.1, -0.05) is 42.5 Å². The highest BCUT2D eigenvalue weighted by molar-refractivity contribution is 5.85. The molecule has 2 amide bonds. The fraction of sp³-hybridized carbons (Fsp3) is 0.391. The van der Waals surface area contributed by atoms with Crippen LogP contribution in [-0.2, 0) is 22.6 Å². The van der Waals surface area contributed by atoms with Crippen molar-refractivity contribution in [3.8, 4) is 0 Å². The summed E-state index contributed by atoms with van der Waals surface area (Å²) < 4.78 is 13.4. The van der Waals surface area contributed by atoms with Gasteiger partial charge in [0.05, 0.1) is 11.8 Å². The van der Waals surface area contributed by atoms with Gasteiger partial charge in [-0.3, -0.25) is 9.59 Å². The van der Waals surface area contributed by atoms with Gasteiger partial charge in [0.15, 0.2) is 0 Å². The van der Waals surface area contributed by atoms with Crippen molar-refractivity contribution in [1.82, 2.24) is 9.80 Å². The number of amides is 2. The van der Waals surface area contributed by atoms with Crippen LogP contribution < -0.4 is 0 Å². The van der Waals surface area contributed by atoms with Crippen LogP contribution in [0, 0.1) is 11.2 Å². The number of nitrogens with zero attached hydrogens (tertiary/aromatic N) is 2. The van der Waals surface area contributed by atoms with Crippen LogP contribution in [0.3, 0.4) is 0 Å². The molecule has 0 N–H and O–H groups in total. The van der Waals surface area contributed by atoms with Gasteiger partial charge in [0, 0.05) is 26.2 Å². The van der Waals surface area contributed by atoms with Crippen LogP contribution in [0.1, 0.15) is 30.4 Å². The van der Waals surface area contributed by atoms with Crippen molar-refractivity contribution in [1.29, 1.82) is 0 Å². The van der Waals surface area contributed by atoms with Crippen molar-refractivity contribution < 1.29 is 14.0 Å². The van der Waals surface area contributed by atoms with E-state index in [2.05, 4.69) is 0 Å². The quantitative estimate of drug-likeness (QED) is 0.816. The average Bonchev–Trinajstić information content (AvgIpc) is 2.99. The van der Waals surface area contributed by atoms with Crippen LogP contribution in [0.2, 0.25) is 0 Å². The molecule has 2 aliphatic heterocycles. The summed E-state index contributed by atoms with van der Waals surface area (Å²) in [4.78, 5) is 29.4. The monoisotopic (exact) mass is 380 g/mol. The third kappa shape index (κ3) is 3.79. The summed E-state index contributed by atoms with van der Waals surface area (Å²) in [5.41, 5.74) is 1.49. The van der Waals surface area contributed by atoms with Gasteiger partial charge in [0.25, 0.3) is 0 Å². The molecule has 4 rings (SSSR count). The molecule has 2 heterocycles. The molecule has 0 atom stereocenters. The average molecular weight is 380 g/mol. The lowest BCUT2D eigenvalue weighted by atomic mass is 9.77. The summed E-state index contributed by atoms with van der Waals surface area (Å²) in [6.07, 6.45) is 2.66. The summed E-state index contributed by atoms with van der Waals surface area (Å²) in [5.74, 6) is 0.0131. The van der Waals surface area contributed by atoms with E-state index in [4.69, 9.17) is 0 Å². The van der Waals surface area contributed by atoms with E-state index in [-0.39, 0.29) is 23.0 Å². The summed E-state index contributed by atoms with van der Waals surface area (Å²) >= 11 is 0. The van der Waals surface area contributed by atoms with Crippen molar-refractivity contribution in [3.63, 3.8) is 0 Å². The predicted octanol–water partition coefficient (Wildman–Crippen LogP) is 3.41. The van der Waals surface area contributed by atoms with E-state index in [0.717, 1.165) is 17.5 Å². The molecule has 1 spiro atoms. The van der Waals surface area contributed by atoms with Gasteiger partial charge < -0.3 is 9.80 Å². The number of halogens is 1. The zero-order valence-electron chi connectivity index (χ0n) is 15.9. The molecule has 0 aromatic heterocycles. The van der Waals surface area contributed by atoms with Crippen molar-refractivity contribution in [3.05, 3.63) is 71.5 Å². The highest BCUT2D eigenvalue weighted by atomic mass is 19.1. The first kappa shape index (κ1) is 18.7. The summed E-state index contributed by atoms with van der Waals surface area (Å²) in [6.45, 7) is 2.42. The Morgan fingerprint density at radius 2 is 1.61 bits per heavy atom. The molecule has 28 heavy (non-hydrogen) atoms. The molecule has 2 saturated heterocycles. The molecule has 0 radical (unpaired) electrons. The highest BCUT2D eigenvalue weighted by Gasteiger charge is 2.48. The minimum absolute atomic E-state index is 0.128. The van der Waals surface area contributed by atoms with E-state index < -0.39 is 0 Å². The fourth-order valence-electron chi connectivity index (χ4n) is 4.43. The Balaban J connectivity index is 1.35. The second-order valence-electron chi connectivity index (χ2n) is 7.93. The lowest BCUT2D eigenvalue weighted by molar-refractivity contribution is -0.142. The largest absolute Gasteiger partial charge is 0.342 e. The maximum Gasteiger partial charge on any atom is 0.229 e. The Hall–Kier alpha value is -2.69. The van der Waals surface area contributed by atoms with Crippen LogP contribution in [0.15, 0.2) is 54.6 Å². The van der Waals surface area contributed by atoms with Crippen LogP contribution in [0.5, 0.6) is 0 Å². The molecule has 0 bridgehead atoms.